The second-order valence-electron chi connectivity index (χ2n) is 7.68. The van der Waals surface area contributed by atoms with Gasteiger partial charge in [0.2, 0.25) is 0 Å². The van der Waals surface area contributed by atoms with E-state index in [1.165, 1.54) is 12.1 Å². The summed E-state index contributed by atoms with van der Waals surface area (Å²) in [5.41, 5.74) is 1.30. The second-order valence-corrected chi connectivity index (χ2v) is 7.68. The van der Waals surface area contributed by atoms with E-state index in [0.717, 1.165) is 19.5 Å². The summed E-state index contributed by atoms with van der Waals surface area (Å²) >= 11 is 0. The number of benzene rings is 2. The van der Waals surface area contributed by atoms with Crippen LogP contribution < -0.4 is 15.1 Å². The summed E-state index contributed by atoms with van der Waals surface area (Å²) in [6, 6.07) is 13.1. The lowest BCUT2D eigenvalue weighted by atomic mass is 10.1. The lowest BCUT2D eigenvalue weighted by molar-refractivity contribution is 0.0982. The molecule has 152 valence electrons. The van der Waals surface area contributed by atoms with E-state index >= 15 is 0 Å². The van der Waals surface area contributed by atoms with Gasteiger partial charge in [-0.05, 0) is 50.2 Å². The van der Waals surface area contributed by atoms with Crippen LogP contribution in [0.25, 0.3) is 0 Å². The number of anilines is 2. The Morgan fingerprint density at radius 2 is 1.66 bits per heavy atom. The van der Waals surface area contributed by atoms with Crippen LogP contribution in [0.2, 0.25) is 0 Å². The quantitative estimate of drug-likeness (QED) is 0.868. The van der Waals surface area contributed by atoms with E-state index in [1.807, 2.05) is 18.2 Å². The highest BCUT2D eigenvalue weighted by Gasteiger charge is 2.31. The highest BCUT2D eigenvalue weighted by Crippen LogP contribution is 2.34. The first-order valence-corrected chi connectivity index (χ1v) is 9.94. The predicted molar refractivity (Wildman–Crippen MR) is 111 cm³/mol. The molecule has 0 spiro atoms. The van der Waals surface area contributed by atoms with Crippen LogP contribution in [0.3, 0.4) is 0 Å². The number of rotatable bonds is 3. The van der Waals surface area contributed by atoms with Gasteiger partial charge in [0, 0.05) is 26.2 Å². The molecule has 1 fully saturated rings. The predicted octanol–water partition coefficient (Wildman–Crippen LogP) is 2.95. The van der Waals surface area contributed by atoms with E-state index in [4.69, 9.17) is 0 Å². The molecule has 2 aliphatic heterocycles. The molecule has 0 saturated carbocycles. The van der Waals surface area contributed by atoms with E-state index in [9.17, 15) is 14.0 Å². The summed E-state index contributed by atoms with van der Waals surface area (Å²) < 4.78 is 14.1. The summed E-state index contributed by atoms with van der Waals surface area (Å²) in [5.74, 6) is -0.482. The van der Waals surface area contributed by atoms with Gasteiger partial charge in [0.15, 0.2) is 0 Å². The maximum atomic E-state index is 14.1. The van der Waals surface area contributed by atoms with Crippen LogP contribution in [0.1, 0.15) is 16.8 Å². The summed E-state index contributed by atoms with van der Waals surface area (Å²) in [6.45, 7) is 3.35. The van der Waals surface area contributed by atoms with Crippen LogP contribution in [-0.2, 0) is 0 Å². The van der Waals surface area contributed by atoms with Gasteiger partial charge < -0.3 is 15.1 Å². The molecule has 1 saturated heterocycles. The van der Waals surface area contributed by atoms with Gasteiger partial charge in [-0.1, -0.05) is 24.3 Å². The molecule has 2 aromatic rings. The zero-order chi connectivity index (χ0) is 20.4. The number of likely N-dealkylation sites (tertiary alicyclic amines) is 1. The topological polar surface area (TPSA) is 55.9 Å². The van der Waals surface area contributed by atoms with Crippen molar-refractivity contribution in [3.8, 4) is 0 Å². The Bertz CT molecular complexity index is 919. The number of fused-ring (bicyclic) bond motifs is 1. The van der Waals surface area contributed by atoms with Crippen molar-refractivity contribution in [3.63, 3.8) is 0 Å². The Hall–Kier alpha value is -2.93. The number of carbonyl (C=O) groups excluding carboxylic acids is 2. The third kappa shape index (κ3) is 3.96. The molecule has 0 aliphatic carbocycles. The average Bonchev–Trinajstić information content (AvgIpc) is 3.16. The normalized spacial score (nSPS) is 19.2. The number of halogens is 1. The molecule has 6 nitrogen and oxygen atoms in total. The monoisotopic (exact) mass is 396 g/mol. The number of urea groups is 1. The van der Waals surface area contributed by atoms with Crippen molar-refractivity contribution >= 4 is 23.3 Å². The van der Waals surface area contributed by atoms with Crippen LogP contribution in [0, 0.1) is 11.7 Å². The van der Waals surface area contributed by atoms with Crippen molar-refractivity contribution < 1.29 is 14.0 Å². The number of carbonyl (C=O) groups is 2. The van der Waals surface area contributed by atoms with Crippen molar-refractivity contribution in [2.75, 3.05) is 49.6 Å². The smallest absolute Gasteiger partial charge is 0.322 e. The third-order valence-corrected chi connectivity index (χ3v) is 5.64. The van der Waals surface area contributed by atoms with Gasteiger partial charge in [0.25, 0.3) is 5.91 Å². The van der Waals surface area contributed by atoms with Crippen LogP contribution >= 0.6 is 0 Å². The second kappa shape index (κ2) is 8.21. The van der Waals surface area contributed by atoms with Crippen molar-refractivity contribution in [3.05, 3.63) is 59.9 Å². The summed E-state index contributed by atoms with van der Waals surface area (Å²) in [7, 11) is 2.09. The molecule has 29 heavy (non-hydrogen) atoms. The molecule has 0 bridgehead atoms. The number of para-hydroxylation sites is 2. The fourth-order valence-corrected chi connectivity index (χ4v) is 4.08. The highest BCUT2D eigenvalue weighted by atomic mass is 19.1. The number of nitrogens with one attached hydrogen (secondary N) is 1. The zero-order valence-electron chi connectivity index (χ0n) is 16.5. The van der Waals surface area contributed by atoms with E-state index in [1.54, 1.807) is 28.0 Å². The van der Waals surface area contributed by atoms with Crippen molar-refractivity contribution in [2.45, 2.75) is 6.42 Å². The molecule has 1 atom stereocenters. The van der Waals surface area contributed by atoms with Gasteiger partial charge in [-0.15, -0.1) is 0 Å². The first-order chi connectivity index (χ1) is 14.0. The lowest BCUT2D eigenvalue weighted by Crippen LogP contribution is -2.50. The molecule has 1 N–H and O–H groups in total. The maximum absolute atomic E-state index is 14.1. The summed E-state index contributed by atoms with van der Waals surface area (Å²) in [5, 5.41) is 3.04. The Kier molecular flexibility index (Phi) is 5.49. The van der Waals surface area contributed by atoms with Gasteiger partial charge in [-0.2, -0.15) is 0 Å². The molecule has 2 aromatic carbocycles. The Morgan fingerprint density at radius 1 is 1.00 bits per heavy atom. The molecule has 2 heterocycles. The molecule has 3 amide bonds. The minimum absolute atomic E-state index is 0.0329. The molecule has 4 rings (SSSR count). The average molecular weight is 396 g/mol. The third-order valence-electron chi connectivity index (χ3n) is 5.64. The fourth-order valence-electron chi connectivity index (χ4n) is 4.08. The van der Waals surface area contributed by atoms with E-state index < -0.39 is 11.7 Å². The molecular weight excluding hydrogens is 371 g/mol. The van der Waals surface area contributed by atoms with Crippen LogP contribution in [0.4, 0.5) is 20.6 Å². The summed E-state index contributed by atoms with van der Waals surface area (Å²) in [4.78, 5) is 31.3. The Labute approximate surface area is 169 Å². The molecular formula is C22H25FN4O2. The fraction of sp³-hybridized carbons (Fsp3) is 0.364. The van der Waals surface area contributed by atoms with Gasteiger partial charge in [-0.25, -0.2) is 9.18 Å². The zero-order valence-corrected chi connectivity index (χ0v) is 16.5. The highest BCUT2D eigenvalue weighted by molar-refractivity contribution is 6.10. The van der Waals surface area contributed by atoms with Crippen LogP contribution in [0.15, 0.2) is 48.5 Å². The van der Waals surface area contributed by atoms with Crippen molar-refractivity contribution in [1.29, 1.82) is 0 Å². The lowest BCUT2D eigenvalue weighted by Gasteiger charge is -2.36. The Balaban J connectivity index is 1.51. The minimum atomic E-state index is -0.545. The Morgan fingerprint density at radius 3 is 2.34 bits per heavy atom. The SMILES string of the molecule is CN1CCC(CNC(=O)N2CCN(C(=O)c3ccccc3F)c3ccccc32)C1. The van der Waals surface area contributed by atoms with Crippen molar-refractivity contribution in [2.24, 2.45) is 5.92 Å². The van der Waals surface area contributed by atoms with Crippen molar-refractivity contribution in [1.82, 2.24) is 10.2 Å². The number of hydrogen-bond donors (Lipinski definition) is 1. The number of hydrogen-bond acceptors (Lipinski definition) is 3. The molecule has 7 heteroatoms. The van der Waals surface area contributed by atoms with Crippen LogP contribution in [-0.4, -0.2) is 56.6 Å². The first-order valence-electron chi connectivity index (χ1n) is 9.94. The number of amides is 3. The maximum Gasteiger partial charge on any atom is 0.322 e. The number of nitrogens with zero attached hydrogens (tertiary/aromatic N) is 3. The van der Waals surface area contributed by atoms with E-state index in [0.29, 0.717) is 36.9 Å². The van der Waals surface area contributed by atoms with E-state index in [2.05, 4.69) is 17.3 Å². The van der Waals surface area contributed by atoms with Gasteiger partial charge in [0.05, 0.1) is 16.9 Å². The van der Waals surface area contributed by atoms with Gasteiger partial charge in [0.1, 0.15) is 5.82 Å². The van der Waals surface area contributed by atoms with E-state index in [-0.39, 0.29) is 11.6 Å². The largest absolute Gasteiger partial charge is 0.337 e. The molecule has 1 unspecified atom stereocenters. The van der Waals surface area contributed by atoms with Gasteiger partial charge in [-0.3, -0.25) is 9.69 Å². The van der Waals surface area contributed by atoms with Gasteiger partial charge >= 0.3 is 6.03 Å². The molecule has 2 aliphatic rings. The summed E-state index contributed by atoms with van der Waals surface area (Å²) in [6.07, 6.45) is 1.08. The molecule has 0 radical (unpaired) electrons. The first kappa shape index (κ1) is 19.4. The van der Waals surface area contributed by atoms with Crippen LogP contribution in [0.5, 0.6) is 0 Å². The molecule has 0 aromatic heterocycles. The standard InChI is InChI=1S/C22H25FN4O2/c1-25-11-10-16(15-25)14-24-22(29)27-13-12-26(19-8-4-5-9-20(19)27)21(28)17-6-2-3-7-18(17)23/h2-9,16H,10-15H2,1H3,(H,24,29). The minimum Gasteiger partial charge on any atom is -0.337 e.